The summed E-state index contributed by atoms with van der Waals surface area (Å²) in [6.07, 6.45) is 0.532. The van der Waals surface area contributed by atoms with Crippen LogP contribution in [0.25, 0.3) is 0 Å². The fourth-order valence-corrected chi connectivity index (χ4v) is 0.923. The van der Waals surface area contributed by atoms with Gasteiger partial charge in [0, 0.05) is 5.97 Å². The third kappa shape index (κ3) is 6.02. The summed E-state index contributed by atoms with van der Waals surface area (Å²) in [4.78, 5) is 10.0. The van der Waals surface area contributed by atoms with Gasteiger partial charge in [-0.25, -0.2) is 0 Å². The van der Waals surface area contributed by atoms with Crippen LogP contribution >= 0.6 is 0 Å². The minimum atomic E-state index is -1.03. The monoisotopic (exact) mass is 202 g/mol. The van der Waals surface area contributed by atoms with Crippen molar-refractivity contribution in [3.05, 3.63) is 30.3 Å². The largest absolute Gasteiger partial charge is 1.00 e. The number of ether oxygens (including phenoxy) is 1. The molecule has 0 saturated carbocycles. The van der Waals surface area contributed by atoms with Gasteiger partial charge in [0.2, 0.25) is 0 Å². The standard InChI is InChI=1S/C10H12O3.Na/c11-10(12)7-4-8-13-9-5-2-1-3-6-9;/h1-3,5-6H,4,7-8H2,(H,11,12);/q;+1/p-1. The van der Waals surface area contributed by atoms with Crippen LogP contribution in [0.1, 0.15) is 12.8 Å². The van der Waals surface area contributed by atoms with Crippen LogP contribution in [-0.2, 0) is 4.79 Å². The van der Waals surface area contributed by atoms with E-state index in [4.69, 9.17) is 4.74 Å². The van der Waals surface area contributed by atoms with Gasteiger partial charge in [-0.15, -0.1) is 0 Å². The SMILES string of the molecule is O=C([O-])CCCOc1ccccc1.[Na+]. The molecule has 0 bridgehead atoms. The minimum Gasteiger partial charge on any atom is -0.550 e. The van der Waals surface area contributed by atoms with Crippen molar-refractivity contribution in [1.29, 1.82) is 0 Å². The number of hydrogen-bond donors (Lipinski definition) is 0. The van der Waals surface area contributed by atoms with Gasteiger partial charge in [0.1, 0.15) is 5.75 Å². The topological polar surface area (TPSA) is 49.4 Å². The van der Waals surface area contributed by atoms with E-state index in [1.807, 2.05) is 30.3 Å². The Morgan fingerprint density at radius 1 is 1.29 bits per heavy atom. The van der Waals surface area contributed by atoms with E-state index in [1.165, 1.54) is 0 Å². The van der Waals surface area contributed by atoms with Crippen molar-refractivity contribution in [2.75, 3.05) is 6.61 Å². The molecule has 0 aromatic heterocycles. The van der Waals surface area contributed by atoms with Crippen molar-refractivity contribution in [1.82, 2.24) is 0 Å². The van der Waals surface area contributed by atoms with Crippen molar-refractivity contribution < 1.29 is 44.2 Å². The number of carbonyl (C=O) groups is 1. The van der Waals surface area contributed by atoms with Crippen LogP contribution < -0.4 is 39.4 Å². The number of carbonyl (C=O) groups excluding carboxylic acids is 1. The molecule has 0 aliphatic heterocycles. The summed E-state index contributed by atoms with van der Waals surface area (Å²) in [5.74, 6) is -0.266. The molecule has 3 nitrogen and oxygen atoms in total. The Morgan fingerprint density at radius 2 is 1.93 bits per heavy atom. The molecule has 0 heterocycles. The fourth-order valence-electron chi connectivity index (χ4n) is 0.923. The average molecular weight is 202 g/mol. The van der Waals surface area contributed by atoms with Crippen molar-refractivity contribution in [2.45, 2.75) is 12.8 Å². The predicted octanol–water partition coefficient (Wildman–Crippen LogP) is -2.40. The molecule has 0 fully saturated rings. The van der Waals surface area contributed by atoms with Gasteiger partial charge < -0.3 is 14.6 Å². The first kappa shape index (κ1) is 13.5. The Morgan fingerprint density at radius 3 is 2.50 bits per heavy atom. The first-order valence-corrected chi connectivity index (χ1v) is 4.17. The van der Waals surface area contributed by atoms with Gasteiger partial charge in [-0.2, -0.15) is 0 Å². The Kier molecular flexibility index (Phi) is 7.57. The molecule has 0 aliphatic carbocycles. The molecule has 0 N–H and O–H groups in total. The molecular weight excluding hydrogens is 191 g/mol. The van der Waals surface area contributed by atoms with E-state index in [0.717, 1.165) is 5.75 Å². The Balaban J connectivity index is 0.00000169. The molecule has 0 atom stereocenters. The van der Waals surface area contributed by atoms with Crippen LogP contribution in [0.2, 0.25) is 0 Å². The van der Waals surface area contributed by atoms with Crippen LogP contribution in [0, 0.1) is 0 Å². The normalized spacial score (nSPS) is 8.86. The number of aliphatic carboxylic acids is 1. The molecule has 1 aromatic rings. The van der Waals surface area contributed by atoms with Crippen molar-refractivity contribution in [3.8, 4) is 5.75 Å². The quantitative estimate of drug-likeness (QED) is 0.395. The van der Waals surface area contributed by atoms with E-state index in [9.17, 15) is 9.90 Å². The molecule has 1 rings (SSSR count). The molecular formula is C10H11NaO3. The van der Waals surface area contributed by atoms with Crippen LogP contribution in [0.4, 0.5) is 0 Å². The van der Waals surface area contributed by atoms with E-state index in [0.29, 0.717) is 13.0 Å². The minimum absolute atomic E-state index is 0. The second-order valence-corrected chi connectivity index (χ2v) is 2.64. The second-order valence-electron chi connectivity index (χ2n) is 2.64. The van der Waals surface area contributed by atoms with Crippen LogP contribution in [-0.4, -0.2) is 12.6 Å². The van der Waals surface area contributed by atoms with Crippen LogP contribution in [0.5, 0.6) is 5.75 Å². The Bertz CT molecular complexity index is 261. The Hall–Kier alpha value is -0.510. The van der Waals surface area contributed by atoms with Crippen LogP contribution in [0.15, 0.2) is 30.3 Å². The van der Waals surface area contributed by atoms with Crippen molar-refractivity contribution in [2.24, 2.45) is 0 Å². The molecule has 1 aromatic carbocycles. The number of rotatable bonds is 5. The van der Waals surface area contributed by atoms with E-state index >= 15 is 0 Å². The molecule has 70 valence electrons. The molecule has 0 saturated heterocycles. The summed E-state index contributed by atoms with van der Waals surface area (Å²) in [7, 11) is 0. The average Bonchev–Trinajstić information content (AvgIpc) is 2.14. The number of hydrogen-bond acceptors (Lipinski definition) is 3. The van der Waals surface area contributed by atoms with E-state index in [2.05, 4.69) is 0 Å². The predicted molar refractivity (Wildman–Crippen MR) is 46.2 cm³/mol. The molecule has 0 unspecified atom stereocenters. The number of benzene rings is 1. The summed E-state index contributed by atoms with van der Waals surface area (Å²) in [5, 5.41) is 10.0. The first-order chi connectivity index (χ1) is 6.29. The summed E-state index contributed by atoms with van der Waals surface area (Å²) in [6, 6.07) is 9.30. The van der Waals surface area contributed by atoms with Gasteiger partial charge in [0.05, 0.1) is 6.61 Å². The number of para-hydroxylation sites is 1. The third-order valence-electron chi connectivity index (χ3n) is 1.54. The maximum atomic E-state index is 10.0. The zero-order valence-corrected chi connectivity index (χ0v) is 10.2. The zero-order chi connectivity index (χ0) is 9.52. The van der Waals surface area contributed by atoms with Gasteiger partial charge in [-0.05, 0) is 25.0 Å². The number of carboxylic acids is 1. The zero-order valence-electron chi connectivity index (χ0n) is 8.23. The second kappa shape index (κ2) is 7.85. The van der Waals surface area contributed by atoms with Gasteiger partial charge in [0.15, 0.2) is 0 Å². The molecule has 0 spiro atoms. The van der Waals surface area contributed by atoms with E-state index in [-0.39, 0.29) is 36.0 Å². The smallest absolute Gasteiger partial charge is 0.550 e. The first-order valence-electron chi connectivity index (χ1n) is 4.17. The summed E-state index contributed by atoms with van der Waals surface area (Å²) in [6.45, 7) is 0.415. The molecule has 0 radical (unpaired) electrons. The van der Waals surface area contributed by atoms with Crippen LogP contribution in [0.3, 0.4) is 0 Å². The molecule has 0 amide bonds. The summed E-state index contributed by atoms with van der Waals surface area (Å²) in [5.41, 5.74) is 0. The van der Waals surface area contributed by atoms with E-state index < -0.39 is 5.97 Å². The summed E-state index contributed by atoms with van der Waals surface area (Å²) >= 11 is 0. The number of carboxylic acid groups (broad SMARTS) is 1. The van der Waals surface area contributed by atoms with Gasteiger partial charge in [-0.3, -0.25) is 0 Å². The Labute approximate surface area is 105 Å². The fraction of sp³-hybridized carbons (Fsp3) is 0.300. The maximum absolute atomic E-state index is 10.0. The van der Waals surface area contributed by atoms with E-state index in [1.54, 1.807) is 0 Å². The van der Waals surface area contributed by atoms with Crippen molar-refractivity contribution >= 4 is 5.97 Å². The molecule has 0 aliphatic rings. The molecule has 4 heteroatoms. The van der Waals surface area contributed by atoms with Gasteiger partial charge in [0.25, 0.3) is 0 Å². The molecule has 14 heavy (non-hydrogen) atoms. The summed E-state index contributed by atoms with van der Waals surface area (Å²) < 4.78 is 5.27. The van der Waals surface area contributed by atoms with Crippen molar-refractivity contribution in [3.63, 3.8) is 0 Å². The van der Waals surface area contributed by atoms with Gasteiger partial charge in [-0.1, -0.05) is 18.2 Å². The maximum Gasteiger partial charge on any atom is 1.00 e. The third-order valence-corrected chi connectivity index (χ3v) is 1.54. The van der Waals surface area contributed by atoms with Gasteiger partial charge >= 0.3 is 29.6 Å².